The summed E-state index contributed by atoms with van der Waals surface area (Å²) in [6.07, 6.45) is 6.47. The zero-order valence-corrected chi connectivity index (χ0v) is 17.2. The Balaban J connectivity index is 1.40. The van der Waals surface area contributed by atoms with Crippen LogP contribution in [0.3, 0.4) is 0 Å². The molecule has 8 nitrogen and oxygen atoms in total. The van der Waals surface area contributed by atoms with Gasteiger partial charge in [0.05, 0.1) is 20.5 Å². The second kappa shape index (κ2) is 10.4. The van der Waals surface area contributed by atoms with Gasteiger partial charge in [-0.1, -0.05) is 0 Å². The van der Waals surface area contributed by atoms with Crippen molar-refractivity contribution >= 4 is 23.7 Å². The normalized spacial score (nSPS) is 14.5. The molecule has 0 unspecified atom stereocenters. The monoisotopic (exact) mass is 413 g/mol. The molecule has 0 bridgehead atoms. The number of carbonyl (C=O) groups is 2. The number of ether oxygens (including phenoxy) is 2. The highest BCUT2D eigenvalue weighted by Gasteiger charge is 2.22. The van der Waals surface area contributed by atoms with Gasteiger partial charge in [-0.05, 0) is 49.1 Å². The van der Waals surface area contributed by atoms with Crippen LogP contribution in [0.5, 0.6) is 11.5 Å². The number of anilines is 1. The minimum Gasteiger partial charge on any atom is -0.493 e. The summed E-state index contributed by atoms with van der Waals surface area (Å²) in [6.45, 7) is 1.90. The number of amides is 3. The third-order valence-electron chi connectivity index (χ3n) is 5.05. The summed E-state index contributed by atoms with van der Waals surface area (Å²) in [4.78, 5) is 26.3. The van der Waals surface area contributed by atoms with E-state index in [1.54, 1.807) is 56.9 Å². The molecule has 160 valence electrons. The van der Waals surface area contributed by atoms with Crippen LogP contribution >= 0.6 is 0 Å². The van der Waals surface area contributed by atoms with Crippen molar-refractivity contribution in [3.8, 4) is 11.5 Å². The van der Waals surface area contributed by atoms with E-state index in [9.17, 15) is 9.59 Å². The molecule has 2 heterocycles. The number of hydrogen-bond acceptors (Lipinski definition) is 5. The van der Waals surface area contributed by atoms with Crippen molar-refractivity contribution in [1.29, 1.82) is 0 Å². The van der Waals surface area contributed by atoms with E-state index in [0.29, 0.717) is 48.5 Å². The van der Waals surface area contributed by atoms with Crippen molar-refractivity contribution in [1.82, 2.24) is 10.2 Å². The Bertz CT molecular complexity index is 871. The summed E-state index contributed by atoms with van der Waals surface area (Å²) in [5.74, 6) is 2.11. The molecule has 1 aromatic carbocycles. The highest BCUT2D eigenvalue weighted by Crippen LogP contribution is 2.29. The number of urea groups is 1. The number of rotatable bonds is 7. The Kier molecular flexibility index (Phi) is 7.37. The lowest BCUT2D eigenvalue weighted by Gasteiger charge is -2.31. The van der Waals surface area contributed by atoms with E-state index in [2.05, 4.69) is 10.6 Å². The van der Waals surface area contributed by atoms with Crippen LogP contribution in [0, 0.1) is 5.92 Å². The van der Waals surface area contributed by atoms with Crippen molar-refractivity contribution in [2.24, 2.45) is 5.92 Å². The first kappa shape index (κ1) is 21.3. The average Bonchev–Trinajstić information content (AvgIpc) is 3.30. The molecule has 2 aromatic rings. The number of methoxy groups -OCH3 is 2. The van der Waals surface area contributed by atoms with Crippen molar-refractivity contribution in [3.05, 3.63) is 48.4 Å². The quantitative estimate of drug-likeness (QED) is 0.679. The summed E-state index contributed by atoms with van der Waals surface area (Å²) < 4.78 is 15.6. The van der Waals surface area contributed by atoms with E-state index >= 15 is 0 Å². The van der Waals surface area contributed by atoms with Crippen molar-refractivity contribution in [2.45, 2.75) is 12.8 Å². The first-order valence-electron chi connectivity index (χ1n) is 9.86. The molecule has 1 fully saturated rings. The number of nitrogens with zero attached hydrogens (tertiary/aromatic N) is 1. The molecule has 0 aliphatic carbocycles. The third kappa shape index (κ3) is 5.79. The molecular weight excluding hydrogens is 386 g/mol. The van der Waals surface area contributed by atoms with Crippen molar-refractivity contribution < 1.29 is 23.5 Å². The van der Waals surface area contributed by atoms with Gasteiger partial charge in [0, 0.05) is 37.5 Å². The number of carbonyl (C=O) groups excluding carboxylic acids is 2. The number of benzene rings is 1. The maximum Gasteiger partial charge on any atom is 0.319 e. The van der Waals surface area contributed by atoms with Crippen LogP contribution in [-0.2, 0) is 4.79 Å². The van der Waals surface area contributed by atoms with Crippen molar-refractivity contribution in [3.63, 3.8) is 0 Å². The minimum absolute atomic E-state index is 0.0241. The predicted octanol–water partition coefficient (Wildman–Crippen LogP) is 3.37. The summed E-state index contributed by atoms with van der Waals surface area (Å²) in [6, 6.07) is 8.50. The maximum absolute atomic E-state index is 12.3. The summed E-state index contributed by atoms with van der Waals surface area (Å²) in [5.41, 5.74) is 0.619. The zero-order chi connectivity index (χ0) is 21.3. The van der Waals surface area contributed by atoms with Crippen LogP contribution in [0.2, 0.25) is 0 Å². The molecule has 2 N–H and O–H groups in total. The number of furan rings is 1. The SMILES string of the molecule is COc1ccc(NC(=O)NCC2CCN(C(=O)C=Cc3ccco3)CC2)cc1OC. The van der Waals surface area contributed by atoms with Gasteiger partial charge < -0.3 is 29.4 Å². The summed E-state index contributed by atoms with van der Waals surface area (Å²) in [5, 5.41) is 5.70. The van der Waals surface area contributed by atoms with E-state index in [4.69, 9.17) is 13.9 Å². The Morgan fingerprint density at radius 1 is 1.17 bits per heavy atom. The van der Waals surface area contributed by atoms with Gasteiger partial charge >= 0.3 is 6.03 Å². The molecule has 3 amide bonds. The number of hydrogen-bond donors (Lipinski definition) is 2. The van der Waals surface area contributed by atoms with E-state index in [1.807, 2.05) is 4.90 Å². The molecule has 1 saturated heterocycles. The van der Waals surface area contributed by atoms with E-state index in [0.717, 1.165) is 12.8 Å². The van der Waals surface area contributed by atoms with Gasteiger partial charge in [0.25, 0.3) is 0 Å². The molecule has 1 aromatic heterocycles. The van der Waals surface area contributed by atoms with E-state index < -0.39 is 0 Å². The van der Waals surface area contributed by atoms with Gasteiger partial charge in [0.15, 0.2) is 11.5 Å². The molecule has 3 rings (SSSR count). The van der Waals surface area contributed by atoms with Crippen LogP contribution in [0.4, 0.5) is 10.5 Å². The van der Waals surface area contributed by atoms with Gasteiger partial charge in [-0.2, -0.15) is 0 Å². The summed E-state index contributed by atoms with van der Waals surface area (Å²) >= 11 is 0. The third-order valence-corrected chi connectivity index (χ3v) is 5.05. The summed E-state index contributed by atoms with van der Waals surface area (Å²) in [7, 11) is 3.11. The van der Waals surface area contributed by atoms with Crippen LogP contribution < -0.4 is 20.1 Å². The number of piperidine rings is 1. The van der Waals surface area contributed by atoms with Crippen LogP contribution in [-0.4, -0.2) is 50.7 Å². The Morgan fingerprint density at radius 3 is 2.60 bits per heavy atom. The molecule has 0 spiro atoms. The van der Waals surface area contributed by atoms with Gasteiger partial charge in [0.2, 0.25) is 5.91 Å². The first-order valence-corrected chi connectivity index (χ1v) is 9.86. The van der Waals surface area contributed by atoms with Crippen LogP contribution in [0.15, 0.2) is 47.1 Å². The fourth-order valence-corrected chi connectivity index (χ4v) is 3.33. The van der Waals surface area contributed by atoms with Gasteiger partial charge in [-0.3, -0.25) is 4.79 Å². The van der Waals surface area contributed by atoms with E-state index in [-0.39, 0.29) is 11.9 Å². The standard InChI is InChI=1S/C22H27N3O5/c1-28-19-7-5-17(14-20(19)29-2)24-22(27)23-15-16-9-11-25(12-10-16)21(26)8-6-18-4-3-13-30-18/h3-8,13-14,16H,9-12,15H2,1-2H3,(H2,23,24,27). The predicted molar refractivity (Wildman–Crippen MR) is 114 cm³/mol. The molecule has 0 radical (unpaired) electrons. The molecule has 30 heavy (non-hydrogen) atoms. The largest absolute Gasteiger partial charge is 0.493 e. The van der Waals surface area contributed by atoms with Gasteiger partial charge in [-0.15, -0.1) is 0 Å². The Labute approximate surface area is 175 Å². The molecule has 1 aliphatic rings. The molecule has 0 saturated carbocycles. The Hall–Kier alpha value is -3.42. The van der Waals surface area contributed by atoms with Crippen molar-refractivity contribution in [2.75, 3.05) is 39.2 Å². The second-order valence-electron chi connectivity index (χ2n) is 7.02. The topological polar surface area (TPSA) is 93.0 Å². The highest BCUT2D eigenvalue weighted by atomic mass is 16.5. The molecule has 1 aliphatic heterocycles. The lowest BCUT2D eigenvalue weighted by Crippen LogP contribution is -2.41. The second-order valence-corrected chi connectivity index (χ2v) is 7.02. The average molecular weight is 413 g/mol. The number of nitrogens with one attached hydrogen (secondary N) is 2. The molecule has 0 atom stereocenters. The first-order chi connectivity index (χ1) is 14.6. The zero-order valence-electron chi connectivity index (χ0n) is 17.2. The fraction of sp³-hybridized carbons (Fsp3) is 0.364. The minimum atomic E-state index is -0.276. The van der Waals surface area contributed by atoms with Crippen LogP contribution in [0.25, 0.3) is 6.08 Å². The van der Waals surface area contributed by atoms with Gasteiger partial charge in [-0.25, -0.2) is 4.79 Å². The fourth-order valence-electron chi connectivity index (χ4n) is 3.33. The lowest BCUT2D eigenvalue weighted by molar-refractivity contribution is -0.127. The highest BCUT2D eigenvalue weighted by molar-refractivity contribution is 5.91. The number of likely N-dealkylation sites (tertiary alicyclic amines) is 1. The smallest absolute Gasteiger partial charge is 0.319 e. The Morgan fingerprint density at radius 2 is 1.93 bits per heavy atom. The lowest BCUT2D eigenvalue weighted by atomic mass is 9.97. The van der Waals surface area contributed by atoms with Crippen LogP contribution in [0.1, 0.15) is 18.6 Å². The molecular formula is C22H27N3O5. The maximum atomic E-state index is 12.3. The van der Waals surface area contributed by atoms with E-state index in [1.165, 1.54) is 6.08 Å². The van der Waals surface area contributed by atoms with Gasteiger partial charge in [0.1, 0.15) is 5.76 Å². The molecule has 8 heteroatoms.